The Balaban J connectivity index is 2.05. The van der Waals surface area contributed by atoms with Crippen molar-refractivity contribution in [3.63, 3.8) is 0 Å². The zero-order chi connectivity index (χ0) is 23.7. The Morgan fingerprint density at radius 1 is 1.09 bits per heavy atom. The second-order valence-electron chi connectivity index (χ2n) is 6.68. The summed E-state index contributed by atoms with van der Waals surface area (Å²) in [4.78, 5) is 1.15. The second kappa shape index (κ2) is 9.27. The van der Waals surface area contributed by atoms with Crippen LogP contribution in [-0.4, -0.2) is 26.6 Å². The number of thiophene rings is 1. The number of hydrogen-bond acceptors (Lipinski definition) is 5. The number of nitrogens with one attached hydrogen (secondary N) is 2. The molecule has 0 spiro atoms. The lowest BCUT2D eigenvalue weighted by Gasteiger charge is -2.13. The lowest BCUT2D eigenvalue weighted by molar-refractivity contribution is -0.0583. The highest BCUT2D eigenvalue weighted by Crippen LogP contribution is 2.36. The van der Waals surface area contributed by atoms with E-state index in [4.69, 9.17) is 28.6 Å². The van der Waals surface area contributed by atoms with Gasteiger partial charge in [-0.3, -0.25) is 5.41 Å². The predicted octanol–water partition coefficient (Wildman–Crippen LogP) is 7.16. The number of hydrogen-bond donors (Lipinski definition) is 2. The maximum absolute atomic E-state index is 13.0. The van der Waals surface area contributed by atoms with E-state index in [0.717, 1.165) is 17.6 Å². The number of anilines is 1. The van der Waals surface area contributed by atoms with Crippen molar-refractivity contribution in [2.75, 3.05) is 11.6 Å². The fourth-order valence-corrected chi connectivity index (χ4v) is 4.63. The van der Waals surface area contributed by atoms with Crippen LogP contribution in [-0.2, 0) is 9.84 Å². The smallest absolute Gasteiger partial charge is 0.353 e. The molecule has 1 heterocycles. The van der Waals surface area contributed by atoms with Gasteiger partial charge in [0.2, 0.25) is 0 Å². The van der Waals surface area contributed by atoms with Crippen molar-refractivity contribution in [1.29, 1.82) is 5.41 Å². The number of halogens is 5. The van der Waals surface area contributed by atoms with Gasteiger partial charge in [0, 0.05) is 16.2 Å². The molecule has 0 aliphatic carbocycles. The first kappa shape index (κ1) is 24.3. The minimum atomic E-state index is -4.84. The molecular weight excluding hydrogens is 504 g/mol. The van der Waals surface area contributed by atoms with E-state index >= 15 is 0 Å². The highest BCUT2D eigenvalue weighted by atomic mass is 35.5. The largest absolute Gasteiger partial charge is 0.432 e. The number of alkyl halides is 3. The van der Waals surface area contributed by atoms with E-state index in [-0.39, 0.29) is 21.3 Å². The molecule has 168 valence electrons. The van der Waals surface area contributed by atoms with E-state index in [9.17, 15) is 21.6 Å². The van der Waals surface area contributed by atoms with Gasteiger partial charge in [-0.2, -0.15) is 13.2 Å². The Labute approximate surface area is 196 Å². The van der Waals surface area contributed by atoms with Crippen molar-refractivity contribution in [3.8, 4) is 10.4 Å². The summed E-state index contributed by atoms with van der Waals surface area (Å²) in [6.07, 6.45) is -3.08. The van der Waals surface area contributed by atoms with Gasteiger partial charge < -0.3 is 5.32 Å². The van der Waals surface area contributed by atoms with E-state index in [1.807, 2.05) is 0 Å². The fourth-order valence-electron chi connectivity index (χ4n) is 2.65. The van der Waals surface area contributed by atoms with Crippen LogP contribution in [0.25, 0.3) is 16.1 Å². The molecule has 0 amide bonds. The fraction of sp³-hybridized carbons (Fsp3) is 0.0952. The van der Waals surface area contributed by atoms with Gasteiger partial charge in [-0.15, -0.1) is 11.3 Å². The Bertz CT molecular complexity index is 1320. The zero-order valence-corrected chi connectivity index (χ0v) is 19.4. The third-order valence-corrected chi connectivity index (χ3v) is 7.05. The maximum Gasteiger partial charge on any atom is 0.432 e. The summed E-state index contributed by atoms with van der Waals surface area (Å²) in [5.41, 5.74) is -0.691. The molecule has 3 aromatic rings. The van der Waals surface area contributed by atoms with Gasteiger partial charge in [0.05, 0.1) is 26.2 Å². The Kier molecular flexibility index (Phi) is 7.04. The standard InChI is InChI=1S/C21H15Cl2F3N2O2S2/c1-32(29,30)14-4-2-3-12(9-14)18-7-8-19(31-18)17(11-20(27)21(24,25)26)28-16-10-13(22)5-6-15(16)23/h2-11,27-28H,1H3/b17-11-,27-20?. The summed E-state index contributed by atoms with van der Waals surface area (Å²) in [7, 11) is -3.42. The first-order valence-corrected chi connectivity index (χ1v) is 12.3. The molecule has 0 saturated carbocycles. The molecule has 0 fully saturated rings. The molecule has 0 bridgehead atoms. The first-order valence-electron chi connectivity index (χ1n) is 8.85. The molecule has 0 aliphatic heterocycles. The van der Waals surface area contributed by atoms with Crippen LogP contribution in [0.4, 0.5) is 18.9 Å². The number of sulfone groups is 1. The average molecular weight is 519 g/mol. The normalized spacial score (nSPS) is 12.6. The third-order valence-electron chi connectivity index (χ3n) is 4.21. The number of rotatable bonds is 6. The molecule has 0 unspecified atom stereocenters. The molecule has 0 aliphatic rings. The quantitative estimate of drug-likeness (QED) is 0.340. The molecule has 4 nitrogen and oxygen atoms in total. The summed E-state index contributed by atoms with van der Waals surface area (Å²) in [6, 6.07) is 14.0. The third kappa shape index (κ3) is 5.92. The van der Waals surface area contributed by atoms with Crippen molar-refractivity contribution in [1.82, 2.24) is 0 Å². The summed E-state index contributed by atoms with van der Waals surface area (Å²) in [5, 5.41) is 10.8. The van der Waals surface area contributed by atoms with Crippen molar-refractivity contribution in [2.24, 2.45) is 0 Å². The molecule has 2 N–H and O–H groups in total. The van der Waals surface area contributed by atoms with E-state index in [2.05, 4.69) is 5.32 Å². The van der Waals surface area contributed by atoms with Crippen LogP contribution in [0.5, 0.6) is 0 Å². The molecule has 11 heteroatoms. The van der Waals surface area contributed by atoms with Crippen LogP contribution in [0.2, 0.25) is 10.0 Å². The summed E-state index contributed by atoms with van der Waals surface area (Å²) in [5.74, 6) is 0. The molecule has 0 radical (unpaired) electrons. The highest BCUT2D eigenvalue weighted by Gasteiger charge is 2.33. The van der Waals surface area contributed by atoms with Crippen LogP contribution in [0, 0.1) is 5.41 Å². The molecule has 0 atom stereocenters. The molecular formula is C21H15Cl2F3N2O2S2. The van der Waals surface area contributed by atoms with Crippen LogP contribution in [0.3, 0.4) is 0 Å². The average Bonchev–Trinajstić information content (AvgIpc) is 3.19. The Morgan fingerprint density at radius 2 is 1.81 bits per heavy atom. The minimum Gasteiger partial charge on any atom is -0.353 e. The van der Waals surface area contributed by atoms with Crippen molar-refractivity contribution >= 4 is 61.5 Å². The van der Waals surface area contributed by atoms with Crippen molar-refractivity contribution in [3.05, 3.63) is 75.6 Å². The number of allylic oxidation sites excluding steroid dienone is 1. The molecule has 0 saturated heterocycles. The monoisotopic (exact) mass is 518 g/mol. The molecule has 2 aromatic carbocycles. The summed E-state index contributed by atoms with van der Waals surface area (Å²) >= 11 is 13.2. The maximum atomic E-state index is 13.0. The lowest BCUT2D eigenvalue weighted by atomic mass is 10.2. The van der Waals surface area contributed by atoms with Gasteiger partial charge in [-0.05, 0) is 54.1 Å². The van der Waals surface area contributed by atoms with Crippen LogP contribution >= 0.6 is 34.5 Å². The zero-order valence-electron chi connectivity index (χ0n) is 16.3. The Morgan fingerprint density at radius 3 is 2.47 bits per heavy atom. The van der Waals surface area contributed by atoms with E-state index in [1.54, 1.807) is 24.3 Å². The van der Waals surface area contributed by atoms with Gasteiger partial charge in [-0.1, -0.05) is 35.3 Å². The second-order valence-corrected chi connectivity index (χ2v) is 10.6. The van der Waals surface area contributed by atoms with E-state index in [0.29, 0.717) is 26.4 Å². The van der Waals surface area contributed by atoms with Gasteiger partial charge in [-0.25, -0.2) is 8.42 Å². The predicted molar refractivity (Wildman–Crippen MR) is 125 cm³/mol. The SMILES string of the molecule is CS(=O)(=O)c1cccc(-c2ccc(/C(=C/C(=N)C(F)(F)F)Nc3cc(Cl)ccc3Cl)s2)c1. The lowest BCUT2D eigenvalue weighted by Crippen LogP contribution is -2.20. The van der Waals surface area contributed by atoms with Gasteiger partial charge in [0.25, 0.3) is 0 Å². The molecule has 32 heavy (non-hydrogen) atoms. The minimum absolute atomic E-state index is 0.00740. The summed E-state index contributed by atoms with van der Waals surface area (Å²) in [6.45, 7) is 0. The van der Waals surface area contributed by atoms with Gasteiger partial charge >= 0.3 is 6.18 Å². The summed E-state index contributed by atoms with van der Waals surface area (Å²) < 4.78 is 62.8. The number of benzene rings is 2. The Hall–Kier alpha value is -2.33. The first-order chi connectivity index (χ1) is 14.8. The highest BCUT2D eigenvalue weighted by molar-refractivity contribution is 7.90. The van der Waals surface area contributed by atoms with Gasteiger partial charge in [0.1, 0.15) is 5.71 Å². The van der Waals surface area contributed by atoms with Crippen LogP contribution in [0.1, 0.15) is 4.88 Å². The van der Waals surface area contributed by atoms with Crippen LogP contribution < -0.4 is 5.32 Å². The van der Waals surface area contributed by atoms with Crippen molar-refractivity contribution in [2.45, 2.75) is 11.1 Å². The van der Waals surface area contributed by atoms with E-state index < -0.39 is 21.7 Å². The van der Waals surface area contributed by atoms with Crippen molar-refractivity contribution < 1.29 is 21.6 Å². The molecule has 3 rings (SSSR count). The van der Waals surface area contributed by atoms with Crippen LogP contribution in [0.15, 0.2) is 65.6 Å². The van der Waals surface area contributed by atoms with Gasteiger partial charge in [0.15, 0.2) is 9.84 Å². The molecule has 1 aromatic heterocycles. The topological polar surface area (TPSA) is 70.0 Å². The van der Waals surface area contributed by atoms with E-state index in [1.165, 1.54) is 30.3 Å².